The third-order valence-electron chi connectivity index (χ3n) is 3.72. The molecule has 0 aromatic rings. The number of thioether (sulfide) groups is 2. The first-order chi connectivity index (χ1) is 8.77. The number of carbonyl (C=O) groups is 1. The van der Waals surface area contributed by atoms with E-state index in [1.54, 1.807) is 18.7 Å². The highest BCUT2D eigenvalue weighted by Gasteiger charge is 2.46. The average Bonchev–Trinajstić information content (AvgIpc) is 2.97. The van der Waals surface area contributed by atoms with Gasteiger partial charge in [-0.1, -0.05) is 13.8 Å². The number of hydrogen-bond donors (Lipinski definition) is 3. The fraction of sp³-hybridized carbons (Fsp3) is 0.833. The number of nitrogens with zero attached hydrogens (tertiary/aromatic N) is 1. The van der Waals surface area contributed by atoms with Gasteiger partial charge in [0, 0.05) is 28.8 Å². The molecular formula is C12H20N2O3S2. The Morgan fingerprint density at radius 1 is 1.63 bits per heavy atom. The lowest BCUT2D eigenvalue weighted by atomic mass is 9.83. The summed E-state index contributed by atoms with van der Waals surface area (Å²) in [7, 11) is 0. The number of aliphatic hydroxyl groups excluding tert-OH is 1. The number of carboxylic acid groups (broad SMARTS) is 1. The largest absolute Gasteiger partial charge is 0.479 e. The zero-order valence-electron chi connectivity index (χ0n) is 11.3. The molecule has 0 radical (unpaired) electrons. The van der Waals surface area contributed by atoms with E-state index in [1.807, 2.05) is 13.8 Å². The lowest BCUT2D eigenvalue weighted by Crippen LogP contribution is -2.48. The van der Waals surface area contributed by atoms with E-state index in [1.165, 1.54) is 11.8 Å². The Balaban J connectivity index is 2.18. The summed E-state index contributed by atoms with van der Waals surface area (Å²) in [5.74, 6) is 1.25. The molecule has 2 heterocycles. The molecule has 0 aromatic heterocycles. The molecule has 0 bridgehead atoms. The maximum Gasteiger partial charge on any atom is 0.332 e. The van der Waals surface area contributed by atoms with Crippen LogP contribution in [0.3, 0.4) is 0 Å². The van der Waals surface area contributed by atoms with Gasteiger partial charge in [0.05, 0.1) is 11.1 Å². The highest BCUT2D eigenvalue weighted by Crippen LogP contribution is 2.40. The van der Waals surface area contributed by atoms with Crippen molar-refractivity contribution < 1.29 is 15.0 Å². The molecular weight excluding hydrogens is 284 g/mol. The van der Waals surface area contributed by atoms with Gasteiger partial charge in [0.15, 0.2) is 5.54 Å². The van der Waals surface area contributed by atoms with Crippen LogP contribution in [0, 0.1) is 5.41 Å². The third kappa shape index (κ3) is 2.79. The fourth-order valence-electron chi connectivity index (χ4n) is 2.18. The summed E-state index contributed by atoms with van der Waals surface area (Å²) in [5, 5.41) is 23.7. The molecule has 0 aliphatic carbocycles. The van der Waals surface area contributed by atoms with Crippen molar-refractivity contribution in [3.63, 3.8) is 0 Å². The molecule has 0 aromatic carbocycles. The van der Waals surface area contributed by atoms with Crippen LogP contribution in [0.15, 0.2) is 4.99 Å². The van der Waals surface area contributed by atoms with Gasteiger partial charge in [-0.3, -0.25) is 4.99 Å². The quantitative estimate of drug-likeness (QED) is 0.719. The zero-order chi connectivity index (χ0) is 14.3. The van der Waals surface area contributed by atoms with E-state index in [9.17, 15) is 15.0 Å². The standard InChI is InChI=1S/C12H20N2O3S2/c1-11(2,8(15)7-4-18-6-13-7)9-14-12(3,5-19-9)10(16)17/h7-8,13,15H,4-6H2,1-3H3,(H,16,17)/t7?,8-,12-/m1/s1. The number of nitrogens with one attached hydrogen (secondary N) is 1. The topological polar surface area (TPSA) is 81.9 Å². The van der Waals surface area contributed by atoms with Crippen molar-refractivity contribution in [2.45, 2.75) is 38.5 Å². The highest BCUT2D eigenvalue weighted by atomic mass is 32.2. The molecule has 1 unspecified atom stereocenters. The fourth-order valence-corrected chi connectivity index (χ4v) is 4.55. The van der Waals surface area contributed by atoms with Gasteiger partial charge in [0.1, 0.15) is 0 Å². The van der Waals surface area contributed by atoms with Crippen LogP contribution in [0.25, 0.3) is 0 Å². The summed E-state index contributed by atoms with van der Waals surface area (Å²) in [5.41, 5.74) is -1.59. The van der Waals surface area contributed by atoms with Crippen molar-refractivity contribution in [3.8, 4) is 0 Å². The van der Waals surface area contributed by atoms with Gasteiger partial charge in [-0.15, -0.1) is 23.5 Å². The van der Waals surface area contributed by atoms with Gasteiger partial charge in [0.2, 0.25) is 0 Å². The van der Waals surface area contributed by atoms with Crippen LogP contribution in [0.1, 0.15) is 20.8 Å². The van der Waals surface area contributed by atoms with Gasteiger partial charge in [0.25, 0.3) is 0 Å². The van der Waals surface area contributed by atoms with E-state index in [4.69, 9.17) is 0 Å². The lowest BCUT2D eigenvalue weighted by Gasteiger charge is -2.34. The van der Waals surface area contributed by atoms with Crippen LogP contribution >= 0.6 is 23.5 Å². The molecule has 0 spiro atoms. The number of aliphatic hydroxyl groups is 1. The smallest absolute Gasteiger partial charge is 0.332 e. The van der Waals surface area contributed by atoms with Crippen molar-refractivity contribution in [1.29, 1.82) is 0 Å². The molecule has 0 saturated carbocycles. The van der Waals surface area contributed by atoms with Crippen molar-refractivity contribution in [3.05, 3.63) is 0 Å². The average molecular weight is 304 g/mol. The van der Waals surface area contributed by atoms with Crippen molar-refractivity contribution in [2.75, 3.05) is 17.4 Å². The van der Waals surface area contributed by atoms with Gasteiger partial charge >= 0.3 is 5.97 Å². The summed E-state index contributed by atoms with van der Waals surface area (Å²) in [6.45, 7) is 5.49. The maximum atomic E-state index is 11.2. The SMILES string of the molecule is CC(C)(C1=N[C@@](C)(C(=O)O)CS1)[C@H](O)C1CSCN1. The second kappa shape index (κ2) is 5.27. The molecule has 2 aliphatic rings. The lowest BCUT2D eigenvalue weighted by molar-refractivity contribution is -0.141. The molecule has 2 rings (SSSR count). The Kier molecular flexibility index (Phi) is 4.21. The highest BCUT2D eigenvalue weighted by molar-refractivity contribution is 8.14. The normalized spacial score (nSPS) is 33.3. The number of aliphatic carboxylic acids is 1. The number of carboxylic acids is 1. The summed E-state index contributed by atoms with van der Waals surface area (Å²) in [6, 6.07) is 0.0417. The molecule has 3 N–H and O–H groups in total. The second-order valence-corrected chi connectivity index (χ2v) is 7.77. The Morgan fingerprint density at radius 3 is 2.79 bits per heavy atom. The minimum Gasteiger partial charge on any atom is -0.479 e. The molecule has 0 amide bonds. The Hall–Kier alpha value is -0.240. The molecule has 3 atom stereocenters. The Labute approximate surface area is 121 Å². The maximum absolute atomic E-state index is 11.2. The molecule has 5 nitrogen and oxygen atoms in total. The number of aliphatic imine (C=N–C) groups is 1. The summed E-state index contributed by atoms with van der Waals surface area (Å²) in [4.78, 5) is 15.6. The van der Waals surface area contributed by atoms with E-state index >= 15 is 0 Å². The minimum absolute atomic E-state index is 0.0417. The molecule has 1 saturated heterocycles. The Morgan fingerprint density at radius 2 is 2.32 bits per heavy atom. The second-order valence-electron chi connectivity index (χ2n) is 5.78. The van der Waals surface area contributed by atoms with Gasteiger partial charge < -0.3 is 15.5 Å². The summed E-state index contributed by atoms with van der Waals surface area (Å²) >= 11 is 3.21. The van der Waals surface area contributed by atoms with Crippen LogP contribution in [-0.4, -0.2) is 56.3 Å². The van der Waals surface area contributed by atoms with Crippen LogP contribution in [0.2, 0.25) is 0 Å². The van der Waals surface area contributed by atoms with E-state index < -0.39 is 23.0 Å². The van der Waals surface area contributed by atoms with E-state index in [0.717, 1.165) is 16.7 Å². The van der Waals surface area contributed by atoms with Crippen molar-refractivity contribution in [2.24, 2.45) is 10.4 Å². The summed E-state index contributed by atoms with van der Waals surface area (Å²) in [6.07, 6.45) is -0.565. The van der Waals surface area contributed by atoms with Crippen LogP contribution in [0.5, 0.6) is 0 Å². The number of hydrogen-bond acceptors (Lipinski definition) is 6. The third-order valence-corrected chi connectivity index (χ3v) is 6.28. The molecule has 2 aliphatic heterocycles. The van der Waals surface area contributed by atoms with Crippen LogP contribution < -0.4 is 5.32 Å². The number of rotatable bonds is 4. The predicted molar refractivity (Wildman–Crippen MR) is 80.0 cm³/mol. The van der Waals surface area contributed by atoms with Crippen molar-refractivity contribution in [1.82, 2.24) is 5.32 Å². The van der Waals surface area contributed by atoms with E-state index in [-0.39, 0.29) is 6.04 Å². The molecule has 1 fully saturated rings. The summed E-state index contributed by atoms with van der Waals surface area (Å²) < 4.78 is 0. The Bertz CT molecular complexity index is 408. The molecule has 7 heteroatoms. The van der Waals surface area contributed by atoms with Gasteiger partial charge in [-0.2, -0.15) is 0 Å². The first kappa shape index (κ1) is 15.2. The van der Waals surface area contributed by atoms with E-state index in [2.05, 4.69) is 10.3 Å². The zero-order valence-corrected chi connectivity index (χ0v) is 13.0. The van der Waals surface area contributed by atoms with Crippen LogP contribution in [-0.2, 0) is 4.79 Å². The van der Waals surface area contributed by atoms with Crippen molar-refractivity contribution >= 4 is 34.5 Å². The molecule has 19 heavy (non-hydrogen) atoms. The monoisotopic (exact) mass is 304 g/mol. The first-order valence-electron chi connectivity index (χ1n) is 6.23. The van der Waals surface area contributed by atoms with Gasteiger partial charge in [-0.05, 0) is 6.92 Å². The van der Waals surface area contributed by atoms with Gasteiger partial charge in [-0.25, -0.2) is 4.79 Å². The van der Waals surface area contributed by atoms with Crippen LogP contribution in [0.4, 0.5) is 0 Å². The first-order valence-corrected chi connectivity index (χ1v) is 8.37. The molecule has 108 valence electrons. The minimum atomic E-state index is -1.06. The predicted octanol–water partition coefficient (Wildman–Crippen LogP) is 1.02. The van der Waals surface area contributed by atoms with E-state index in [0.29, 0.717) is 5.75 Å².